The van der Waals surface area contributed by atoms with Gasteiger partial charge in [-0.25, -0.2) is 18.4 Å². The SMILES string of the molecule is C=C(C)CN(C)C(=O)Nc1cc(F)c(F)cc1C(=O)O. The largest absolute Gasteiger partial charge is 0.478 e. The third kappa shape index (κ3) is 3.78. The molecule has 7 heteroatoms. The second-order valence-electron chi connectivity index (χ2n) is 4.36. The molecule has 5 nitrogen and oxygen atoms in total. The van der Waals surface area contributed by atoms with Crippen molar-refractivity contribution in [2.24, 2.45) is 0 Å². The molecule has 0 radical (unpaired) electrons. The number of carbonyl (C=O) groups excluding carboxylic acids is 1. The average molecular weight is 284 g/mol. The van der Waals surface area contributed by atoms with E-state index in [0.717, 1.165) is 0 Å². The number of carboxylic acid groups (broad SMARTS) is 1. The van der Waals surface area contributed by atoms with E-state index in [0.29, 0.717) is 17.7 Å². The topological polar surface area (TPSA) is 69.6 Å². The van der Waals surface area contributed by atoms with Gasteiger partial charge in [0.2, 0.25) is 0 Å². The Hall–Kier alpha value is -2.44. The van der Waals surface area contributed by atoms with Crippen molar-refractivity contribution in [1.82, 2.24) is 4.90 Å². The smallest absolute Gasteiger partial charge is 0.337 e. The van der Waals surface area contributed by atoms with Gasteiger partial charge in [-0.1, -0.05) is 12.2 Å². The van der Waals surface area contributed by atoms with Gasteiger partial charge < -0.3 is 15.3 Å². The van der Waals surface area contributed by atoms with E-state index in [1.807, 2.05) is 0 Å². The molecule has 20 heavy (non-hydrogen) atoms. The Kier molecular flexibility index (Phi) is 4.79. The zero-order valence-electron chi connectivity index (χ0n) is 11.0. The van der Waals surface area contributed by atoms with Gasteiger partial charge in [0, 0.05) is 19.7 Å². The minimum Gasteiger partial charge on any atom is -0.478 e. The summed E-state index contributed by atoms with van der Waals surface area (Å²) in [6.07, 6.45) is 0. The molecule has 2 N–H and O–H groups in total. The van der Waals surface area contributed by atoms with E-state index in [9.17, 15) is 18.4 Å². The fourth-order valence-corrected chi connectivity index (χ4v) is 1.51. The summed E-state index contributed by atoms with van der Waals surface area (Å²) in [6, 6.07) is 0.499. The highest BCUT2D eigenvalue weighted by molar-refractivity contribution is 6.00. The second kappa shape index (κ2) is 6.14. The van der Waals surface area contributed by atoms with E-state index < -0.39 is 29.2 Å². The third-order valence-corrected chi connectivity index (χ3v) is 2.39. The fraction of sp³-hybridized carbons (Fsp3) is 0.231. The molecule has 0 aliphatic rings. The summed E-state index contributed by atoms with van der Waals surface area (Å²) < 4.78 is 26.2. The van der Waals surface area contributed by atoms with Gasteiger partial charge >= 0.3 is 12.0 Å². The predicted molar refractivity (Wildman–Crippen MR) is 69.8 cm³/mol. The summed E-state index contributed by atoms with van der Waals surface area (Å²) in [7, 11) is 1.46. The molecule has 0 unspecified atom stereocenters. The molecule has 0 fully saturated rings. The van der Waals surface area contributed by atoms with Crippen LogP contribution in [0, 0.1) is 11.6 Å². The molecule has 1 rings (SSSR count). The number of carboxylic acids is 1. The van der Waals surface area contributed by atoms with Crippen LogP contribution < -0.4 is 5.32 Å². The molecular weight excluding hydrogens is 270 g/mol. The number of nitrogens with zero attached hydrogens (tertiary/aromatic N) is 1. The van der Waals surface area contributed by atoms with Crippen LogP contribution in [0.25, 0.3) is 0 Å². The highest BCUT2D eigenvalue weighted by Crippen LogP contribution is 2.20. The van der Waals surface area contributed by atoms with Gasteiger partial charge in [0.15, 0.2) is 11.6 Å². The number of nitrogens with one attached hydrogen (secondary N) is 1. The van der Waals surface area contributed by atoms with Gasteiger partial charge in [0.05, 0.1) is 11.3 Å². The molecule has 1 aromatic carbocycles. The van der Waals surface area contributed by atoms with E-state index in [2.05, 4.69) is 11.9 Å². The number of hydrogen-bond acceptors (Lipinski definition) is 2. The lowest BCUT2D eigenvalue weighted by molar-refractivity contribution is 0.0697. The second-order valence-corrected chi connectivity index (χ2v) is 4.36. The number of aromatic carboxylic acids is 1. The monoisotopic (exact) mass is 284 g/mol. The van der Waals surface area contributed by atoms with Crippen LogP contribution in [0.4, 0.5) is 19.3 Å². The summed E-state index contributed by atoms with van der Waals surface area (Å²) in [6.45, 7) is 5.59. The summed E-state index contributed by atoms with van der Waals surface area (Å²) >= 11 is 0. The Bertz CT molecular complexity index is 573. The van der Waals surface area contributed by atoms with Gasteiger partial charge in [-0.15, -0.1) is 0 Å². The number of anilines is 1. The van der Waals surface area contributed by atoms with Gasteiger partial charge in [-0.2, -0.15) is 0 Å². The van der Waals surface area contributed by atoms with E-state index in [-0.39, 0.29) is 12.2 Å². The molecule has 0 bridgehead atoms. The third-order valence-electron chi connectivity index (χ3n) is 2.39. The molecule has 0 aliphatic carbocycles. The molecule has 1 aromatic rings. The molecule has 0 heterocycles. The van der Waals surface area contributed by atoms with E-state index in [1.54, 1.807) is 6.92 Å². The van der Waals surface area contributed by atoms with Crippen LogP contribution in [0.3, 0.4) is 0 Å². The summed E-state index contributed by atoms with van der Waals surface area (Å²) in [5.74, 6) is -4.01. The Morgan fingerprint density at radius 3 is 2.40 bits per heavy atom. The summed E-state index contributed by atoms with van der Waals surface area (Å²) in [4.78, 5) is 24.0. The van der Waals surface area contributed by atoms with Crippen LogP contribution in [0.15, 0.2) is 24.3 Å². The molecule has 2 amide bonds. The lowest BCUT2D eigenvalue weighted by Crippen LogP contribution is -2.33. The summed E-state index contributed by atoms with van der Waals surface area (Å²) in [5.41, 5.74) is -0.123. The zero-order valence-corrected chi connectivity index (χ0v) is 11.0. The Balaban J connectivity index is 3.02. The van der Waals surface area contributed by atoms with Crippen LogP contribution in [0.2, 0.25) is 0 Å². The number of amides is 2. The van der Waals surface area contributed by atoms with Crippen LogP contribution in [-0.2, 0) is 0 Å². The maximum atomic E-state index is 13.1. The lowest BCUT2D eigenvalue weighted by Gasteiger charge is -2.18. The highest BCUT2D eigenvalue weighted by Gasteiger charge is 2.18. The minimum absolute atomic E-state index is 0.248. The molecule has 0 saturated carbocycles. The number of rotatable bonds is 4. The predicted octanol–water partition coefficient (Wildman–Crippen LogP) is 2.70. The van der Waals surface area contributed by atoms with E-state index in [4.69, 9.17) is 5.11 Å². The molecule has 0 spiro atoms. The molecule has 0 atom stereocenters. The van der Waals surface area contributed by atoms with Crippen molar-refractivity contribution in [2.75, 3.05) is 18.9 Å². The van der Waals surface area contributed by atoms with Gasteiger partial charge in [-0.3, -0.25) is 0 Å². The van der Waals surface area contributed by atoms with Crippen molar-refractivity contribution in [3.63, 3.8) is 0 Å². The lowest BCUT2D eigenvalue weighted by atomic mass is 10.1. The van der Waals surface area contributed by atoms with Crippen molar-refractivity contribution < 1.29 is 23.5 Å². The normalized spacial score (nSPS) is 10.0. The van der Waals surface area contributed by atoms with Crippen molar-refractivity contribution in [3.05, 3.63) is 41.5 Å². The Morgan fingerprint density at radius 2 is 1.90 bits per heavy atom. The minimum atomic E-state index is -1.47. The first-order valence-corrected chi connectivity index (χ1v) is 5.61. The fourth-order valence-electron chi connectivity index (χ4n) is 1.51. The van der Waals surface area contributed by atoms with E-state index >= 15 is 0 Å². The first-order valence-electron chi connectivity index (χ1n) is 5.61. The molecule has 0 aliphatic heterocycles. The van der Waals surface area contributed by atoms with Crippen LogP contribution in [0.5, 0.6) is 0 Å². The maximum Gasteiger partial charge on any atom is 0.337 e. The Morgan fingerprint density at radius 1 is 1.35 bits per heavy atom. The van der Waals surface area contributed by atoms with Crippen molar-refractivity contribution in [3.8, 4) is 0 Å². The molecule has 0 aromatic heterocycles. The van der Waals surface area contributed by atoms with E-state index in [1.165, 1.54) is 11.9 Å². The number of carbonyl (C=O) groups is 2. The number of likely N-dealkylation sites (N-methyl/N-ethyl adjacent to an activating group) is 1. The Labute approximate surface area is 114 Å². The maximum absolute atomic E-state index is 13.1. The van der Waals surface area contributed by atoms with Crippen LogP contribution >= 0.6 is 0 Å². The van der Waals surface area contributed by atoms with Gasteiger partial charge in [-0.05, 0) is 13.0 Å². The first-order chi connectivity index (χ1) is 9.22. The van der Waals surface area contributed by atoms with Crippen molar-refractivity contribution >= 4 is 17.7 Å². The van der Waals surface area contributed by atoms with Crippen molar-refractivity contribution in [1.29, 1.82) is 0 Å². The van der Waals surface area contributed by atoms with Crippen LogP contribution in [0.1, 0.15) is 17.3 Å². The van der Waals surface area contributed by atoms with Crippen molar-refractivity contribution in [2.45, 2.75) is 6.92 Å². The first kappa shape index (κ1) is 15.6. The molecular formula is C13H14F2N2O3. The quantitative estimate of drug-likeness (QED) is 0.835. The number of hydrogen-bond donors (Lipinski definition) is 2. The molecule has 0 saturated heterocycles. The number of benzene rings is 1. The standard InChI is InChI=1S/C13H14F2N2O3/c1-7(2)6-17(3)13(20)16-11-5-10(15)9(14)4-8(11)12(18)19/h4-5H,1,6H2,2-3H3,(H,16,20)(H,18,19). The summed E-state index contributed by atoms with van der Waals surface area (Å²) in [5, 5.41) is 11.1. The average Bonchev–Trinajstić information content (AvgIpc) is 2.32. The number of halogens is 2. The molecule has 108 valence electrons. The van der Waals surface area contributed by atoms with Gasteiger partial charge in [0.25, 0.3) is 0 Å². The highest BCUT2D eigenvalue weighted by atomic mass is 19.2. The van der Waals surface area contributed by atoms with Gasteiger partial charge in [0.1, 0.15) is 0 Å². The zero-order chi connectivity index (χ0) is 15.4. The number of urea groups is 1. The van der Waals surface area contributed by atoms with Crippen LogP contribution in [-0.4, -0.2) is 35.6 Å².